The van der Waals surface area contributed by atoms with Gasteiger partial charge < -0.3 is 15.0 Å². The van der Waals surface area contributed by atoms with E-state index in [0.29, 0.717) is 18.3 Å². The first-order valence-electron chi connectivity index (χ1n) is 10.6. The number of hydrogen-bond donors (Lipinski definition) is 1. The lowest BCUT2D eigenvalue weighted by Gasteiger charge is -2.25. The van der Waals surface area contributed by atoms with E-state index in [0.717, 1.165) is 50.0 Å². The highest BCUT2D eigenvalue weighted by atomic mass is 16.5. The second kappa shape index (κ2) is 10.0. The zero-order valence-corrected chi connectivity index (χ0v) is 18.1. The highest BCUT2D eigenvalue weighted by Crippen LogP contribution is 2.25. The number of carbonyl (C=O) groups is 1. The molecule has 0 saturated carbocycles. The minimum Gasteiger partial charge on any atom is -0.379 e. The van der Waals surface area contributed by atoms with Gasteiger partial charge in [-0.05, 0) is 51.6 Å². The summed E-state index contributed by atoms with van der Waals surface area (Å²) >= 11 is 0. The predicted molar refractivity (Wildman–Crippen MR) is 115 cm³/mol. The van der Waals surface area contributed by atoms with Crippen molar-refractivity contribution in [2.45, 2.75) is 58.2 Å². The second-order valence-electron chi connectivity index (χ2n) is 8.21. The summed E-state index contributed by atoms with van der Waals surface area (Å²) in [5, 5.41) is 8.23. The highest BCUT2D eigenvalue weighted by Gasteiger charge is 2.29. The molecule has 3 rings (SSSR count). The monoisotopic (exact) mass is 398 g/mol. The molecule has 0 fully saturated rings. The summed E-state index contributed by atoms with van der Waals surface area (Å²) in [6, 6.07) is 10.5. The van der Waals surface area contributed by atoms with Crippen molar-refractivity contribution in [2.75, 3.05) is 20.2 Å². The lowest BCUT2D eigenvalue weighted by Crippen LogP contribution is -2.36. The molecule has 158 valence electrons. The van der Waals surface area contributed by atoms with Gasteiger partial charge in [-0.2, -0.15) is 5.10 Å². The van der Waals surface area contributed by atoms with Crippen molar-refractivity contribution >= 4 is 5.91 Å². The molecule has 1 atom stereocenters. The molecule has 0 radical (unpaired) electrons. The lowest BCUT2D eigenvalue weighted by atomic mass is 9.91. The molecular weight excluding hydrogens is 364 g/mol. The van der Waals surface area contributed by atoms with Gasteiger partial charge in [0, 0.05) is 44.5 Å². The minimum atomic E-state index is -0.00307. The van der Waals surface area contributed by atoms with Crippen molar-refractivity contribution in [3.63, 3.8) is 0 Å². The molecule has 1 amide bonds. The molecule has 1 aromatic heterocycles. The molecule has 2 aromatic rings. The summed E-state index contributed by atoms with van der Waals surface area (Å²) in [5.74, 6) is -0.00307. The first-order valence-corrected chi connectivity index (χ1v) is 10.6. The van der Waals surface area contributed by atoms with Gasteiger partial charge in [-0.15, -0.1) is 0 Å². The molecule has 6 heteroatoms. The summed E-state index contributed by atoms with van der Waals surface area (Å²) in [4.78, 5) is 14.9. The van der Waals surface area contributed by atoms with E-state index in [2.05, 4.69) is 24.3 Å². The molecule has 0 bridgehead atoms. The van der Waals surface area contributed by atoms with E-state index in [9.17, 15) is 4.79 Å². The topological polar surface area (TPSA) is 59.4 Å². The summed E-state index contributed by atoms with van der Waals surface area (Å²) in [6.45, 7) is 6.42. The van der Waals surface area contributed by atoms with Crippen LogP contribution in [-0.2, 0) is 31.2 Å². The van der Waals surface area contributed by atoms with E-state index in [1.807, 2.05) is 49.1 Å². The van der Waals surface area contributed by atoms with Crippen LogP contribution in [0.3, 0.4) is 0 Å². The van der Waals surface area contributed by atoms with E-state index < -0.39 is 0 Å². The Balaban J connectivity index is 1.61. The summed E-state index contributed by atoms with van der Waals surface area (Å²) < 4.78 is 7.51. The Hall–Kier alpha value is -2.18. The van der Waals surface area contributed by atoms with Gasteiger partial charge in [0.1, 0.15) is 0 Å². The van der Waals surface area contributed by atoms with Gasteiger partial charge in [-0.3, -0.25) is 9.48 Å². The van der Waals surface area contributed by atoms with Crippen LogP contribution in [0.2, 0.25) is 0 Å². The van der Waals surface area contributed by atoms with Crippen LogP contribution in [0.5, 0.6) is 0 Å². The van der Waals surface area contributed by atoms with Gasteiger partial charge in [0.2, 0.25) is 0 Å². The van der Waals surface area contributed by atoms with Crippen LogP contribution < -0.4 is 5.32 Å². The summed E-state index contributed by atoms with van der Waals surface area (Å²) in [5.41, 5.74) is 4.04. The fourth-order valence-corrected chi connectivity index (χ4v) is 3.94. The molecule has 29 heavy (non-hydrogen) atoms. The number of nitrogens with one attached hydrogen (secondary N) is 1. The number of nitrogens with zero attached hydrogens (tertiary/aromatic N) is 3. The van der Waals surface area contributed by atoms with Gasteiger partial charge in [0.25, 0.3) is 5.91 Å². The number of benzene rings is 1. The van der Waals surface area contributed by atoms with E-state index in [1.165, 1.54) is 5.69 Å². The van der Waals surface area contributed by atoms with Crippen molar-refractivity contribution in [3.05, 3.63) is 52.8 Å². The van der Waals surface area contributed by atoms with Gasteiger partial charge in [-0.25, -0.2) is 0 Å². The van der Waals surface area contributed by atoms with Crippen LogP contribution in [0.4, 0.5) is 0 Å². The van der Waals surface area contributed by atoms with Crippen molar-refractivity contribution in [1.29, 1.82) is 0 Å². The van der Waals surface area contributed by atoms with Crippen molar-refractivity contribution in [1.82, 2.24) is 20.0 Å². The van der Waals surface area contributed by atoms with E-state index in [1.54, 1.807) is 4.90 Å². The maximum Gasteiger partial charge on any atom is 0.274 e. The molecule has 1 aromatic carbocycles. The van der Waals surface area contributed by atoms with Crippen LogP contribution >= 0.6 is 0 Å². The molecule has 1 N–H and O–H groups in total. The first-order chi connectivity index (χ1) is 14.0. The SMILES string of the molecule is CC(C)OCCCN[C@@H]1CCc2c(c(C(=O)N(C)Cc3ccccc3)nn2C)C1. The van der Waals surface area contributed by atoms with Crippen molar-refractivity contribution < 1.29 is 9.53 Å². The Morgan fingerprint density at radius 3 is 2.83 bits per heavy atom. The summed E-state index contributed by atoms with van der Waals surface area (Å²) in [7, 11) is 3.80. The first kappa shape index (κ1) is 21.5. The molecule has 0 saturated heterocycles. The third-order valence-corrected chi connectivity index (χ3v) is 5.47. The molecule has 0 aliphatic heterocycles. The number of aryl methyl sites for hydroxylation is 1. The fourth-order valence-electron chi connectivity index (χ4n) is 3.94. The molecular formula is C23H34N4O2. The normalized spacial score (nSPS) is 16.1. The van der Waals surface area contributed by atoms with E-state index >= 15 is 0 Å². The molecule has 1 heterocycles. The Morgan fingerprint density at radius 1 is 1.34 bits per heavy atom. The molecule has 6 nitrogen and oxygen atoms in total. The third-order valence-electron chi connectivity index (χ3n) is 5.47. The number of amides is 1. The lowest BCUT2D eigenvalue weighted by molar-refractivity contribution is 0.0766. The quantitative estimate of drug-likeness (QED) is 0.660. The van der Waals surface area contributed by atoms with Gasteiger partial charge in [0.15, 0.2) is 5.69 Å². The van der Waals surface area contributed by atoms with E-state index in [-0.39, 0.29) is 12.0 Å². The predicted octanol–water partition coefficient (Wildman–Crippen LogP) is 2.95. The van der Waals surface area contributed by atoms with Crippen LogP contribution in [-0.4, -0.2) is 52.9 Å². The Bertz CT molecular complexity index is 801. The number of ether oxygens (including phenoxy) is 1. The summed E-state index contributed by atoms with van der Waals surface area (Å²) in [6.07, 6.45) is 4.16. The second-order valence-corrected chi connectivity index (χ2v) is 8.21. The third kappa shape index (κ3) is 5.67. The van der Waals surface area contributed by atoms with Crippen LogP contribution in [0.25, 0.3) is 0 Å². The van der Waals surface area contributed by atoms with Gasteiger partial charge >= 0.3 is 0 Å². The average Bonchev–Trinajstić information content (AvgIpc) is 3.03. The molecule has 1 aliphatic rings. The van der Waals surface area contributed by atoms with Crippen LogP contribution in [0.15, 0.2) is 30.3 Å². The van der Waals surface area contributed by atoms with Crippen LogP contribution in [0.1, 0.15) is 54.0 Å². The Labute approximate surface area is 174 Å². The largest absolute Gasteiger partial charge is 0.379 e. The molecule has 0 unspecified atom stereocenters. The fraction of sp³-hybridized carbons (Fsp3) is 0.565. The number of carbonyl (C=O) groups excluding carboxylic acids is 1. The molecule has 0 spiro atoms. The van der Waals surface area contributed by atoms with Gasteiger partial charge in [0.05, 0.1) is 6.10 Å². The molecule has 1 aliphatic carbocycles. The number of rotatable bonds is 9. The zero-order chi connectivity index (χ0) is 20.8. The Kier molecular flexibility index (Phi) is 7.45. The number of fused-ring (bicyclic) bond motifs is 1. The maximum absolute atomic E-state index is 13.1. The maximum atomic E-state index is 13.1. The van der Waals surface area contributed by atoms with E-state index in [4.69, 9.17) is 4.74 Å². The Morgan fingerprint density at radius 2 is 2.10 bits per heavy atom. The van der Waals surface area contributed by atoms with Crippen molar-refractivity contribution in [3.8, 4) is 0 Å². The van der Waals surface area contributed by atoms with Crippen LogP contribution in [0, 0.1) is 0 Å². The number of aromatic nitrogens is 2. The number of hydrogen-bond acceptors (Lipinski definition) is 4. The zero-order valence-electron chi connectivity index (χ0n) is 18.1. The highest BCUT2D eigenvalue weighted by molar-refractivity contribution is 5.94. The minimum absolute atomic E-state index is 0.00307. The standard InChI is InChI=1S/C23H34N4O2/c1-17(2)29-14-8-13-24-19-11-12-21-20(15-19)22(25-27(21)4)23(28)26(3)16-18-9-6-5-7-10-18/h5-7,9-10,17,19,24H,8,11-16H2,1-4H3/t19-/m1/s1. The van der Waals surface area contributed by atoms with Gasteiger partial charge in [-0.1, -0.05) is 30.3 Å². The smallest absolute Gasteiger partial charge is 0.274 e. The average molecular weight is 399 g/mol. The van der Waals surface area contributed by atoms with Crippen molar-refractivity contribution in [2.24, 2.45) is 7.05 Å².